The Bertz CT molecular complexity index is 1290. The van der Waals surface area contributed by atoms with Crippen LogP contribution in [0.5, 0.6) is 11.5 Å². The summed E-state index contributed by atoms with van der Waals surface area (Å²) in [5, 5.41) is 3.19. The van der Waals surface area contributed by atoms with Crippen molar-refractivity contribution >= 4 is 23.1 Å². The Labute approximate surface area is 199 Å². The molecule has 3 aromatic rings. The van der Waals surface area contributed by atoms with Crippen LogP contribution in [0.25, 0.3) is 5.57 Å². The molecule has 0 bridgehead atoms. The normalized spacial score (nSPS) is 13.5. The fourth-order valence-corrected chi connectivity index (χ4v) is 3.92. The highest BCUT2D eigenvalue weighted by molar-refractivity contribution is 6.36. The maximum atomic E-state index is 13.6. The minimum atomic E-state index is -0.385. The molecular weight excluding hydrogens is 428 g/mol. The molecule has 1 aliphatic rings. The minimum Gasteiger partial charge on any atom is -0.497 e. The number of nitrogens with zero attached hydrogens (tertiary/aromatic N) is 1. The number of aryl methyl sites for hydroxylation is 3. The summed E-state index contributed by atoms with van der Waals surface area (Å²) in [4.78, 5) is 28.5. The monoisotopic (exact) mass is 456 g/mol. The molecule has 2 amide bonds. The molecule has 1 heterocycles. The Hall–Kier alpha value is -4.06. The Morgan fingerprint density at radius 3 is 2.18 bits per heavy atom. The maximum absolute atomic E-state index is 13.6. The summed E-state index contributed by atoms with van der Waals surface area (Å²) in [5.41, 5.74) is 5.93. The van der Waals surface area contributed by atoms with E-state index >= 15 is 0 Å². The lowest BCUT2D eigenvalue weighted by Gasteiger charge is -2.16. The van der Waals surface area contributed by atoms with Crippen LogP contribution in [-0.4, -0.2) is 30.9 Å². The number of methoxy groups -OCH3 is 2. The van der Waals surface area contributed by atoms with Crippen LogP contribution >= 0.6 is 0 Å². The molecule has 1 N–H and O–H groups in total. The highest BCUT2D eigenvalue weighted by Gasteiger charge is 2.39. The lowest BCUT2D eigenvalue weighted by molar-refractivity contribution is -0.137. The Balaban J connectivity index is 1.80. The van der Waals surface area contributed by atoms with E-state index in [2.05, 4.69) is 5.32 Å². The lowest BCUT2D eigenvalue weighted by Crippen LogP contribution is -2.32. The SMILES string of the molecule is COc1ccc(OC)c(NC2=C(c3ccc(C)c(C)c3)C(=O)N(Cc3ccc(C)cc3)C2=O)c1. The molecule has 0 saturated carbocycles. The topological polar surface area (TPSA) is 67.9 Å². The fraction of sp³-hybridized carbons (Fsp3) is 0.214. The van der Waals surface area contributed by atoms with Gasteiger partial charge in [0.1, 0.15) is 17.2 Å². The summed E-state index contributed by atoms with van der Waals surface area (Å²) in [6.07, 6.45) is 0. The van der Waals surface area contributed by atoms with E-state index in [1.807, 2.05) is 63.2 Å². The van der Waals surface area contributed by atoms with E-state index in [1.165, 1.54) is 4.90 Å². The predicted octanol–water partition coefficient (Wildman–Crippen LogP) is 5.02. The Morgan fingerprint density at radius 2 is 1.53 bits per heavy atom. The van der Waals surface area contributed by atoms with Crippen molar-refractivity contribution < 1.29 is 19.1 Å². The molecule has 4 rings (SSSR count). The van der Waals surface area contributed by atoms with Gasteiger partial charge < -0.3 is 14.8 Å². The van der Waals surface area contributed by atoms with Crippen LogP contribution in [0.15, 0.2) is 66.4 Å². The van der Waals surface area contributed by atoms with E-state index in [1.54, 1.807) is 32.4 Å². The van der Waals surface area contributed by atoms with Crippen LogP contribution in [0.3, 0.4) is 0 Å². The molecule has 3 aromatic carbocycles. The molecule has 0 unspecified atom stereocenters. The second kappa shape index (κ2) is 9.43. The Kier molecular flexibility index (Phi) is 6.41. The molecule has 34 heavy (non-hydrogen) atoms. The molecule has 174 valence electrons. The summed E-state index contributed by atoms with van der Waals surface area (Å²) in [7, 11) is 3.12. The number of hydrogen-bond acceptors (Lipinski definition) is 5. The van der Waals surface area contributed by atoms with Crippen molar-refractivity contribution in [2.24, 2.45) is 0 Å². The van der Waals surface area contributed by atoms with Crippen LogP contribution in [0, 0.1) is 20.8 Å². The molecule has 0 aliphatic carbocycles. The zero-order chi connectivity index (χ0) is 24.4. The van der Waals surface area contributed by atoms with Crippen LogP contribution in [0.2, 0.25) is 0 Å². The van der Waals surface area contributed by atoms with Gasteiger partial charge in [0.15, 0.2) is 0 Å². The summed E-state index contributed by atoms with van der Waals surface area (Å²) < 4.78 is 10.8. The number of hydrogen-bond donors (Lipinski definition) is 1. The third-order valence-corrected chi connectivity index (χ3v) is 6.09. The fourth-order valence-electron chi connectivity index (χ4n) is 3.92. The molecule has 1 aliphatic heterocycles. The van der Waals surface area contributed by atoms with Crippen LogP contribution in [0.4, 0.5) is 5.69 Å². The van der Waals surface area contributed by atoms with Gasteiger partial charge in [0.05, 0.1) is 32.0 Å². The van der Waals surface area contributed by atoms with Gasteiger partial charge in [-0.25, -0.2) is 0 Å². The van der Waals surface area contributed by atoms with E-state index in [0.717, 1.165) is 22.3 Å². The van der Waals surface area contributed by atoms with Crippen LogP contribution in [-0.2, 0) is 16.1 Å². The van der Waals surface area contributed by atoms with Crippen LogP contribution < -0.4 is 14.8 Å². The summed E-state index contributed by atoms with van der Waals surface area (Å²) in [6, 6.07) is 18.8. The zero-order valence-electron chi connectivity index (χ0n) is 20.1. The first-order valence-electron chi connectivity index (χ1n) is 11.0. The third-order valence-electron chi connectivity index (χ3n) is 6.09. The van der Waals surface area contributed by atoms with Gasteiger partial charge in [0.25, 0.3) is 11.8 Å². The summed E-state index contributed by atoms with van der Waals surface area (Å²) in [6.45, 7) is 6.19. The number of ether oxygens (including phenoxy) is 2. The van der Waals surface area contributed by atoms with Crippen LogP contribution in [0.1, 0.15) is 27.8 Å². The molecule has 0 radical (unpaired) electrons. The molecule has 0 aromatic heterocycles. The molecule has 6 nitrogen and oxygen atoms in total. The van der Waals surface area contributed by atoms with E-state index in [9.17, 15) is 9.59 Å². The lowest BCUT2D eigenvalue weighted by atomic mass is 9.99. The molecular formula is C28H28N2O4. The number of imide groups is 1. The summed E-state index contributed by atoms with van der Waals surface area (Å²) in [5.74, 6) is 0.414. The first-order chi connectivity index (χ1) is 16.3. The first kappa shape index (κ1) is 23.1. The van der Waals surface area contributed by atoms with Crippen molar-refractivity contribution in [1.29, 1.82) is 0 Å². The number of benzene rings is 3. The second-order valence-corrected chi connectivity index (χ2v) is 8.42. The van der Waals surface area contributed by atoms with Gasteiger partial charge in [-0.05, 0) is 55.2 Å². The van der Waals surface area contributed by atoms with E-state index < -0.39 is 0 Å². The van der Waals surface area contributed by atoms with E-state index in [-0.39, 0.29) is 24.1 Å². The molecule has 0 saturated heterocycles. The smallest absolute Gasteiger partial charge is 0.278 e. The Morgan fingerprint density at radius 1 is 0.794 bits per heavy atom. The van der Waals surface area contributed by atoms with Crippen molar-refractivity contribution in [3.05, 3.63) is 94.2 Å². The van der Waals surface area contributed by atoms with Crippen molar-refractivity contribution in [3.8, 4) is 11.5 Å². The van der Waals surface area contributed by atoms with E-state index in [4.69, 9.17) is 9.47 Å². The predicted molar refractivity (Wildman–Crippen MR) is 133 cm³/mol. The molecule has 6 heteroatoms. The van der Waals surface area contributed by atoms with Crippen molar-refractivity contribution in [1.82, 2.24) is 4.90 Å². The minimum absolute atomic E-state index is 0.187. The number of carbonyl (C=O) groups excluding carboxylic acids is 2. The number of anilines is 1. The quantitative estimate of drug-likeness (QED) is 0.506. The highest BCUT2D eigenvalue weighted by atomic mass is 16.5. The van der Waals surface area contributed by atoms with Crippen molar-refractivity contribution in [2.45, 2.75) is 27.3 Å². The van der Waals surface area contributed by atoms with Gasteiger partial charge in [0.2, 0.25) is 0 Å². The van der Waals surface area contributed by atoms with Gasteiger partial charge in [-0.15, -0.1) is 0 Å². The standard InChI is InChI=1S/C28H28N2O4/c1-17-6-9-20(10-7-17)16-30-27(31)25(21-11-8-18(2)19(3)14-21)26(28(30)32)29-23-15-22(33-4)12-13-24(23)34-5/h6-15,29H,16H2,1-5H3. The first-order valence-corrected chi connectivity index (χ1v) is 11.0. The van der Waals surface area contributed by atoms with Gasteiger partial charge in [-0.1, -0.05) is 48.0 Å². The largest absolute Gasteiger partial charge is 0.497 e. The third kappa shape index (κ3) is 4.39. The van der Waals surface area contributed by atoms with Gasteiger partial charge in [0, 0.05) is 6.07 Å². The maximum Gasteiger partial charge on any atom is 0.278 e. The number of nitrogens with one attached hydrogen (secondary N) is 1. The summed E-state index contributed by atoms with van der Waals surface area (Å²) >= 11 is 0. The number of amides is 2. The molecule has 0 atom stereocenters. The number of rotatable bonds is 7. The molecule has 0 spiro atoms. The number of carbonyl (C=O) groups is 2. The molecule has 0 fully saturated rings. The zero-order valence-corrected chi connectivity index (χ0v) is 20.1. The second-order valence-electron chi connectivity index (χ2n) is 8.42. The highest BCUT2D eigenvalue weighted by Crippen LogP contribution is 2.36. The van der Waals surface area contributed by atoms with E-state index in [0.29, 0.717) is 28.3 Å². The van der Waals surface area contributed by atoms with Crippen molar-refractivity contribution in [3.63, 3.8) is 0 Å². The average molecular weight is 457 g/mol. The van der Waals surface area contributed by atoms with Crippen molar-refractivity contribution in [2.75, 3.05) is 19.5 Å². The van der Waals surface area contributed by atoms with Gasteiger partial charge >= 0.3 is 0 Å². The average Bonchev–Trinajstić information content (AvgIpc) is 3.06. The van der Waals surface area contributed by atoms with Gasteiger partial charge in [-0.2, -0.15) is 0 Å². The van der Waals surface area contributed by atoms with Gasteiger partial charge in [-0.3, -0.25) is 14.5 Å².